The molecular formula is C21H20O3. The highest BCUT2D eigenvalue weighted by Gasteiger charge is 2.28. The topological polar surface area (TPSA) is 54.4 Å². The first kappa shape index (κ1) is 17.7. The molecule has 2 rings (SSSR count). The predicted octanol–water partition coefficient (Wildman–Crippen LogP) is 3.33. The van der Waals surface area contributed by atoms with E-state index in [1.165, 1.54) is 0 Å². The number of carbonyl (C=O) groups is 2. The molecule has 0 bridgehead atoms. The van der Waals surface area contributed by atoms with Crippen molar-refractivity contribution in [2.75, 3.05) is 6.61 Å². The molecule has 3 heteroatoms. The molecule has 0 saturated carbocycles. The maximum absolute atomic E-state index is 12.6. The molecule has 3 nitrogen and oxygen atoms in total. The van der Waals surface area contributed by atoms with Gasteiger partial charge in [-0.25, -0.2) is 0 Å². The summed E-state index contributed by atoms with van der Waals surface area (Å²) in [6.45, 7) is 1.61. The molecule has 0 saturated heterocycles. The summed E-state index contributed by atoms with van der Waals surface area (Å²) in [6, 6.07) is 7.01. The number of benzene rings is 1. The summed E-state index contributed by atoms with van der Waals surface area (Å²) in [6.07, 6.45) is 3.52. The van der Waals surface area contributed by atoms with Gasteiger partial charge in [0.25, 0.3) is 0 Å². The highest BCUT2D eigenvalue weighted by Crippen LogP contribution is 2.28. The van der Waals surface area contributed by atoms with Crippen LogP contribution in [-0.4, -0.2) is 23.3 Å². The van der Waals surface area contributed by atoms with Gasteiger partial charge in [0.15, 0.2) is 11.6 Å². The summed E-state index contributed by atoms with van der Waals surface area (Å²) in [7, 11) is 0. The van der Waals surface area contributed by atoms with Crippen LogP contribution in [0.4, 0.5) is 0 Å². The van der Waals surface area contributed by atoms with Crippen molar-refractivity contribution in [2.24, 2.45) is 0 Å². The molecule has 0 heterocycles. The minimum absolute atomic E-state index is 0.0203. The second kappa shape index (κ2) is 8.87. The highest BCUT2D eigenvalue weighted by atomic mass is 16.2. The van der Waals surface area contributed by atoms with Crippen LogP contribution in [0.1, 0.15) is 59.7 Å². The van der Waals surface area contributed by atoms with E-state index in [0.29, 0.717) is 35.1 Å². The second-order valence-electron chi connectivity index (χ2n) is 5.56. The third-order valence-corrected chi connectivity index (χ3v) is 3.97. The van der Waals surface area contributed by atoms with Crippen molar-refractivity contribution in [3.05, 3.63) is 46.5 Å². The van der Waals surface area contributed by atoms with Gasteiger partial charge in [0, 0.05) is 28.7 Å². The Labute approximate surface area is 142 Å². The molecule has 0 unspecified atom stereocenters. The van der Waals surface area contributed by atoms with Crippen molar-refractivity contribution >= 4 is 11.6 Å². The van der Waals surface area contributed by atoms with E-state index < -0.39 is 0 Å². The van der Waals surface area contributed by atoms with E-state index in [9.17, 15) is 9.59 Å². The van der Waals surface area contributed by atoms with Crippen molar-refractivity contribution in [1.29, 1.82) is 0 Å². The Balaban J connectivity index is 1.90. The van der Waals surface area contributed by atoms with Gasteiger partial charge in [-0.3, -0.25) is 9.59 Å². The molecule has 1 aliphatic carbocycles. The van der Waals surface area contributed by atoms with Crippen LogP contribution in [0.25, 0.3) is 0 Å². The molecule has 0 spiro atoms. The third kappa shape index (κ3) is 4.22. The van der Waals surface area contributed by atoms with E-state index >= 15 is 0 Å². The zero-order valence-corrected chi connectivity index (χ0v) is 13.8. The zero-order valence-electron chi connectivity index (χ0n) is 13.8. The van der Waals surface area contributed by atoms with Crippen molar-refractivity contribution in [1.82, 2.24) is 0 Å². The monoisotopic (exact) mass is 320 g/mol. The van der Waals surface area contributed by atoms with Gasteiger partial charge in [-0.2, -0.15) is 0 Å². The van der Waals surface area contributed by atoms with Crippen LogP contribution in [0.5, 0.6) is 0 Å². The van der Waals surface area contributed by atoms with Gasteiger partial charge in [-0.05, 0) is 26.2 Å². The Morgan fingerprint density at radius 1 is 0.917 bits per heavy atom. The Bertz CT molecular complexity index is 792. The van der Waals surface area contributed by atoms with Crippen LogP contribution in [0.3, 0.4) is 0 Å². The fourth-order valence-corrected chi connectivity index (χ4v) is 2.68. The van der Waals surface area contributed by atoms with Gasteiger partial charge in [0.2, 0.25) is 0 Å². The number of unbranched alkanes of at least 4 members (excludes halogenated alkanes) is 2. The van der Waals surface area contributed by atoms with Crippen molar-refractivity contribution in [3.8, 4) is 23.7 Å². The van der Waals surface area contributed by atoms with Crippen LogP contribution in [-0.2, 0) is 0 Å². The molecule has 24 heavy (non-hydrogen) atoms. The van der Waals surface area contributed by atoms with E-state index in [4.69, 9.17) is 5.11 Å². The Hall–Kier alpha value is -2.62. The SMILES string of the molecule is CC1=C(CCCCC#CCC#CCO)C(=O)c2ccccc2C1=O. The Morgan fingerprint density at radius 2 is 1.58 bits per heavy atom. The van der Waals surface area contributed by atoms with E-state index in [0.717, 1.165) is 19.3 Å². The maximum Gasteiger partial charge on any atom is 0.190 e. The average molecular weight is 320 g/mol. The maximum atomic E-state index is 12.6. The lowest BCUT2D eigenvalue weighted by Gasteiger charge is -2.18. The number of carbonyl (C=O) groups excluding carboxylic acids is 2. The lowest BCUT2D eigenvalue weighted by molar-refractivity contribution is 0.0971. The summed E-state index contributed by atoms with van der Waals surface area (Å²) < 4.78 is 0. The van der Waals surface area contributed by atoms with E-state index in [2.05, 4.69) is 23.7 Å². The van der Waals surface area contributed by atoms with Crippen LogP contribution in [0.15, 0.2) is 35.4 Å². The first-order valence-electron chi connectivity index (χ1n) is 8.07. The summed E-state index contributed by atoms with van der Waals surface area (Å²) in [5, 5.41) is 8.51. The van der Waals surface area contributed by atoms with Crippen LogP contribution in [0, 0.1) is 23.7 Å². The fourth-order valence-electron chi connectivity index (χ4n) is 2.68. The summed E-state index contributed by atoms with van der Waals surface area (Å²) in [4.78, 5) is 24.9. The molecule has 1 aliphatic rings. The lowest BCUT2D eigenvalue weighted by atomic mass is 9.83. The molecule has 0 aromatic heterocycles. The van der Waals surface area contributed by atoms with E-state index in [1.54, 1.807) is 31.2 Å². The number of allylic oxidation sites excluding steroid dienone is 2. The molecule has 1 N–H and O–H groups in total. The summed E-state index contributed by atoms with van der Waals surface area (Å²) in [5.74, 6) is 11.2. The number of aliphatic hydroxyl groups excluding tert-OH is 1. The van der Waals surface area contributed by atoms with Gasteiger partial charge < -0.3 is 5.11 Å². The highest BCUT2D eigenvalue weighted by molar-refractivity contribution is 6.26. The number of fused-ring (bicyclic) bond motifs is 1. The molecule has 0 amide bonds. The minimum Gasteiger partial charge on any atom is -0.384 e. The van der Waals surface area contributed by atoms with Crippen molar-refractivity contribution < 1.29 is 14.7 Å². The summed E-state index contributed by atoms with van der Waals surface area (Å²) >= 11 is 0. The van der Waals surface area contributed by atoms with Gasteiger partial charge in [0.05, 0.1) is 6.42 Å². The van der Waals surface area contributed by atoms with Gasteiger partial charge >= 0.3 is 0 Å². The van der Waals surface area contributed by atoms with E-state index in [-0.39, 0.29) is 18.2 Å². The Morgan fingerprint density at radius 3 is 2.29 bits per heavy atom. The fraction of sp³-hybridized carbons (Fsp3) is 0.333. The quantitative estimate of drug-likeness (QED) is 0.684. The number of Topliss-reactive ketones (excluding diaryl/α,β-unsaturated/α-hetero) is 2. The van der Waals surface area contributed by atoms with Gasteiger partial charge in [-0.1, -0.05) is 42.0 Å². The van der Waals surface area contributed by atoms with E-state index in [1.807, 2.05) is 0 Å². The molecule has 0 radical (unpaired) electrons. The second-order valence-corrected chi connectivity index (χ2v) is 5.56. The molecular weight excluding hydrogens is 300 g/mol. The van der Waals surface area contributed by atoms with Crippen LogP contribution in [0.2, 0.25) is 0 Å². The number of hydrogen-bond acceptors (Lipinski definition) is 3. The first-order chi connectivity index (χ1) is 11.7. The largest absolute Gasteiger partial charge is 0.384 e. The summed E-state index contributed by atoms with van der Waals surface area (Å²) in [5.41, 5.74) is 2.24. The standard InChI is InChI=1S/C21H20O3/c1-16-17(12-8-6-4-2-3-5-7-11-15-22)21(24)19-14-10-9-13-18(19)20(16)23/h9-10,13-14,22H,4-6,8,12,15H2,1H3. The molecule has 1 aromatic carbocycles. The zero-order chi connectivity index (χ0) is 17.4. The Kier molecular flexibility index (Phi) is 6.55. The molecule has 0 fully saturated rings. The van der Waals surface area contributed by atoms with Crippen LogP contribution < -0.4 is 0 Å². The van der Waals surface area contributed by atoms with Crippen molar-refractivity contribution in [3.63, 3.8) is 0 Å². The van der Waals surface area contributed by atoms with Gasteiger partial charge in [0.1, 0.15) is 6.61 Å². The molecule has 0 aliphatic heterocycles. The first-order valence-corrected chi connectivity index (χ1v) is 8.07. The number of aliphatic hydroxyl groups is 1. The van der Waals surface area contributed by atoms with Crippen molar-refractivity contribution in [2.45, 2.75) is 39.0 Å². The average Bonchev–Trinajstić information content (AvgIpc) is 2.61. The lowest BCUT2D eigenvalue weighted by Crippen LogP contribution is -2.20. The minimum atomic E-state index is -0.133. The number of hydrogen-bond donors (Lipinski definition) is 1. The normalized spacial score (nSPS) is 12.9. The number of rotatable bonds is 4. The molecule has 122 valence electrons. The predicted molar refractivity (Wildman–Crippen MR) is 93.5 cm³/mol. The smallest absolute Gasteiger partial charge is 0.190 e. The molecule has 1 aromatic rings. The number of ketones is 2. The third-order valence-electron chi connectivity index (χ3n) is 3.97. The van der Waals surface area contributed by atoms with Gasteiger partial charge in [-0.15, -0.1) is 5.92 Å². The van der Waals surface area contributed by atoms with Crippen LogP contribution >= 0.6 is 0 Å². The molecule has 0 atom stereocenters.